The van der Waals surface area contributed by atoms with Gasteiger partial charge in [0.05, 0.1) is 16.9 Å². The Balaban J connectivity index is 2.27. The van der Waals surface area contributed by atoms with Crippen LogP contribution in [0.3, 0.4) is 0 Å². The summed E-state index contributed by atoms with van der Waals surface area (Å²) in [5.74, 6) is 2.09. The molecule has 0 saturated heterocycles. The molecule has 2 rings (SSSR count). The molecule has 0 bridgehead atoms. The molecule has 0 amide bonds. The van der Waals surface area contributed by atoms with Crippen molar-refractivity contribution < 1.29 is 0 Å². The lowest BCUT2D eigenvalue weighted by Crippen LogP contribution is -2.31. The number of hydrogen-bond donors (Lipinski definition) is 1. The Bertz CT molecular complexity index is 402. The van der Waals surface area contributed by atoms with E-state index in [2.05, 4.69) is 28.9 Å². The Labute approximate surface area is 121 Å². The van der Waals surface area contributed by atoms with Crippen LogP contribution in [0.1, 0.15) is 51.1 Å². The van der Waals surface area contributed by atoms with Gasteiger partial charge in [-0.1, -0.05) is 31.4 Å². The molecule has 1 aliphatic carbocycles. The van der Waals surface area contributed by atoms with Gasteiger partial charge in [-0.3, -0.25) is 4.68 Å². The molecule has 0 aliphatic heterocycles. The number of halogens is 1. The van der Waals surface area contributed by atoms with E-state index in [9.17, 15) is 0 Å². The molecular weight excluding hydrogens is 258 g/mol. The summed E-state index contributed by atoms with van der Waals surface area (Å²) in [6.45, 7) is 6.42. The highest BCUT2D eigenvalue weighted by Gasteiger charge is 2.33. The largest absolute Gasteiger partial charge is 0.319 e. The van der Waals surface area contributed by atoms with Crippen molar-refractivity contribution in [1.29, 1.82) is 0 Å². The van der Waals surface area contributed by atoms with Gasteiger partial charge in [0.25, 0.3) is 0 Å². The number of aryl methyl sites for hydroxylation is 1. The van der Waals surface area contributed by atoms with Crippen LogP contribution in [0.4, 0.5) is 0 Å². The molecular formula is C15H26ClN3. The summed E-state index contributed by atoms with van der Waals surface area (Å²) in [6.07, 6.45) is 7.01. The standard InChI is InChI=1S/C15H26ClN3/c1-4-11-6-7-12(9-17-3)13(8-11)15-14(16)10-18-19(15)5-2/h10-13,17H,4-9H2,1-3H3. The van der Waals surface area contributed by atoms with Gasteiger partial charge in [-0.25, -0.2) is 0 Å². The molecule has 1 aromatic heterocycles. The maximum atomic E-state index is 6.41. The molecule has 19 heavy (non-hydrogen) atoms. The summed E-state index contributed by atoms with van der Waals surface area (Å²) < 4.78 is 2.09. The number of nitrogens with one attached hydrogen (secondary N) is 1. The number of hydrogen-bond acceptors (Lipinski definition) is 2. The third kappa shape index (κ3) is 3.14. The summed E-state index contributed by atoms with van der Waals surface area (Å²) in [5.41, 5.74) is 1.27. The van der Waals surface area contributed by atoms with Gasteiger partial charge in [0, 0.05) is 12.5 Å². The zero-order valence-electron chi connectivity index (χ0n) is 12.3. The summed E-state index contributed by atoms with van der Waals surface area (Å²) in [4.78, 5) is 0. The Hall–Kier alpha value is -0.540. The Morgan fingerprint density at radius 2 is 2.21 bits per heavy atom. The minimum Gasteiger partial charge on any atom is -0.319 e. The van der Waals surface area contributed by atoms with Crippen LogP contribution in [0.25, 0.3) is 0 Å². The van der Waals surface area contributed by atoms with Gasteiger partial charge in [-0.05, 0) is 45.2 Å². The quantitative estimate of drug-likeness (QED) is 0.893. The van der Waals surface area contributed by atoms with E-state index < -0.39 is 0 Å². The lowest BCUT2D eigenvalue weighted by Gasteiger charge is -2.36. The predicted molar refractivity (Wildman–Crippen MR) is 80.7 cm³/mol. The molecule has 0 spiro atoms. The van der Waals surface area contributed by atoms with Crippen molar-refractivity contribution in [2.45, 2.75) is 52.0 Å². The highest BCUT2D eigenvalue weighted by molar-refractivity contribution is 6.31. The topological polar surface area (TPSA) is 29.9 Å². The summed E-state index contributed by atoms with van der Waals surface area (Å²) in [5, 5.41) is 8.62. The minimum absolute atomic E-state index is 0.557. The van der Waals surface area contributed by atoms with E-state index in [1.807, 2.05) is 13.2 Å². The van der Waals surface area contributed by atoms with E-state index in [1.165, 1.54) is 31.4 Å². The number of rotatable bonds is 5. The SMILES string of the molecule is CCC1CCC(CNC)C(c2c(Cl)cnn2CC)C1. The molecule has 3 nitrogen and oxygen atoms in total. The first-order valence-corrected chi connectivity index (χ1v) is 7.94. The lowest BCUT2D eigenvalue weighted by atomic mass is 9.71. The van der Waals surface area contributed by atoms with Crippen molar-refractivity contribution in [2.24, 2.45) is 11.8 Å². The molecule has 3 atom stereocenters. The van der Waals surface area contributed by atoms with E-state index in [0.29, 0.717) is 11.8 Å². The van der Waals surface area contributed by atoms with Crippen molar-refractivity contribution in [3.05, 3.63) is 16.9 Å². The molecule has 1 fully saturated rings. The monoisotopic (exact) mass is 283 g/mol. The van der Waals surface area contributed by atoms with Gasteiger partial charge >= 0.3 is 0 Å². The third-order valence-corrected chi connectivity index (χ3v) is 4.92. The lowest BCUT2D eigenvalue weighted by molar-refractivity contribution is 0.220. The average molecular weight is 284 g/mol. The normalized spacial score (nSPS) is 27.7. The van der Waals surface area contributed by atoms with Gasteiger partial charge < -0.3 is 5.32 Å². The number of nitrogens with zero attached hydrogens (tertiary/aromatic N) is 2. The minimum atomic E-state index is 0.557. The van der Waals surface area contributed by atoms with Gasteiger partial charge in [0.15, 0.2) is 0 Å². The molecule has 1 aromatic rings. The number of aromatic nitrogens is 2. The first kappa shape index (κ1) is 14.9. The van der Waals surface area contributed by atoms with Crippen LogP contribution < -0.4 is 5.32 Å². The van der Waals surface area contributed by atoms with E-state index >= 15 is 0 Å². The van der Waals surface area contributed by atoms with Crippen LogP contribution in [0.2, 0.25) is 5.02 Å². The van der Waals surface area contributed by atoms with Crippen molar-refractivity contribution in [1.82, 2.24) is 15.1 Å². The molecule has 0 aromatic carbocycles. The predicted octanol–water partition coefficient (Wildman–Crippen LogP) is 3.69. The summed E-state index contributed by atoms with van der Waals surface area (Å²) in [6, 6.07) is 0. The first-order valence-electron chi connectivity index (χ1n) is 7.56. The van der Waals surface area contributed by atoms with Crippen LogP contribution in [-0.4, -0.2) is 23.4 Å². The Morgan fingerprint density at radius 3 is 2.84 bits per heavy atom. The van der Waals surface area contributed by atoms with Gasteiger partial charge in [-0.2, -0.15) is 5.10 Å². The molecule has 1 N–H and O–H groups in total. The maximum Gasteiger partial charge on any atom is 0.0820 e. The average Bonchev–Trinajstić information content (AvgIpc) is 2.80. The van der Waals surface area contributed by atoms with E-state index in [1.54, 1.807) is 0 Å². The first-order chi connectivity index (χ1) is 9.21. The molecule has 1 aliphatic rings. The second kappa shape index (κ2) is 6.76. The molecule has 4 heteroatoms. The third-order valence-electron chi connectivity index (χ3n) is 4.63. The highest BCUT2D eigenvalue weighted by atomic mass is 35.5. The second-order valence-corrected chi connectivity index (χ2v) is 6.11. The van der Waals surface area contributed by atoms with Gasteiger partial charge in [0.1, 0.15) is 0 Å². The molecule has 1 saturated carbocycles. The van der Waals surface area contributed by atoms with Crippen molar-refractivity contribution >= 4 is 11.6 Å². The molecule has 0 radical (unpaired) electrons. The van der Waals surface area contributed by atoms with Crippen LogP contribution in [0, 0.1) is 11.8 Å². The van der Waals surface area contributed by atoms with Crippen LogP contribution in [0.15, 0.2) is 6.20 Å². The molecule has 108 valence electrons. The van der Waals surface area contributed by atoms with E-state index in [0.717, 1.165) is 24.0 Å². The van der Waals surface area contributed by atoms with Crippen LogP contribution in [-0.2, 0) is 6.54 Å². The van der Waals surface area contributed by atoms with E-state index in [4.69, 9.17) is 11.6 Å². The summed E-state index contributed by atoms with van der Waals surface area (Å²) in [7, 11) is 2.04. The van der Waals surface area contributed by atoms with Crippen molar-refractivity contribution in [3.8, 4) is 0 Å². The second-order valence-electron chi connectivity index (χ2n) is 5.71. The van der Waals surface area contributed by atoms with E-state index in [-0.39, 0.29) is 0 Å². The van der Waals surface area contributed by atoms with Crippen molar-refractivity contribution in [3.63, 3.8) is 0 Å². The van der Waals surface area contributed by atoms with Crippen LogP contribution in [0.5, 0.6) is 0 Å². The van der Waals surface area contributed by atoms with Gasteiger partial charge in [0.2, 0.25) is 0 Å². The Morgan fingerprint density at radius 1 is 1.42 bits per heavy atom. The van der Waals surface area contributed by atoms with Crippen molar-refractivity contribution in [2.75, 3.05) is 13.6 Å². The van der Waals surface area contributed by atoms with Crippen LogP contribution >= 0.6 is 11.6 Å². The fourth-order valence-corrected chi connectivity index (χ4v) is 3.81. The van der Waals surface area contributed by atoms with Gasteiger partial charge in [-0.15, -0.1) is 0 Å². The maximum absolute atomic E-state index is 6.41. The fraction of sp³-hybridized carbons (Fsp3) is 0.800. The zero-order chi connectivity index (χ0) is 13.8. The summed E-state index contributed by atoms with van der Waals surface area (Å²) >= 11 is 6.41. The Kier molecular flexibility index (Phi) is 5.28. The zero-order valence-corrected chi connectivity index (χ0v) is 13.1. The fourth-order valence-electron chi connectivity index (χ4n) is 3.53. The molecule has 3 unspecified atom stereocenters. The molecule has 1 heterocycles. The smallest absolute Gasteiger partial charge is 0.0820 e. The highest BCUT2D eigenvalue weighted by Crippen LogP contribution is 2.43.